The highest BCUT2D eigenvalue weighted by Gasteiger charge is 2.22. The first kappa shape index (κ1) is 31.8. The molecule has 0 fully saturated rings. The van der Waals surface area contributed by atoms with Crippen LogP contribution in [0.2, 0.25) is 0 Å². The van der Waals surface area contributed by atoms with Crippen LogP contribution in [0.1, 0.15) is 66.7 Å². The second-order valence-electron chi connectivity index (χ2n) is 7.74. The molecule has 0 saturated carbocycles. The first-order valence-electron chi connectivity index (χ1n) is 11.7. The number of aliphatic imine (C=N–C) groups is 1. The normalized spacial score (nSPS) is 13.0. The second kappa shape index (κ2) is 17.2. The van der Waals surface area contributed by atoms with E-state index >= 15 is 0 Å². The lowest BCUT2D eigenvalue weighted by molar-refractivity contribution is -0.158. The number of ether oxygens (including phenoxy) is 1. The van der Waals surface area contributed by atoms with Gasteiger partial charge in [-0.3, -0.25) is 9.79 Å². The Morgan fingerprint density at radius 1 is 1.23 bits per heavy atom. The van der Waals surface area contributed by atoms with Gasteiger partial charge in [0.05, 0.1) is 12.3 Å². The van der Waals surface area contributed by atoms with Crippen LogP contribution in [-0.2, 0) is 4.79 Å². The molecule has 1 rings (SSSR count). The van der Waals surface area contributed by atoms with Gasteiger partial charge in [0.1, 0.15) is 5.75 Å². The third kappa shape index (κ3) is 13.9. The summed E-state index contributed by atoms with van der Waals surface area (Å²) in [6, 6.07) is 6.06. The van der Waals surface area contributed by atoms with Gasteiger partial charge in [-0.1, -0.05) is 45.4 Å². The molecular formula is C28H38F2N2O3. The van der Waals surface area contributed by atoms with Gasteiger partial charge in [-0.25, -0.2) is 0 Å². The number of aliphatic hydroxyl groups excluding tert-OH is 1. The van der Waals surface area contributed by atoms with E-state index in [0.29, 0.717) is 48.0 Å². The molecule has 0 unspecified atom stereocenters. The largest absolute Gasteiger partial charge is 0.433 e. The number of benzene rings is 1. The Hall–Kier alpha value is -3.24. The van der Waals surface area contributed by atoms with Crippen molar-refractivity contribution in [2.45, 2.75) is 72.8 Å². The molecule has 0 aromatic heterocycles. The van der Waals surface area contributed by atoms with Crippen molar-refractivity contribution in [1.29, 1.82) is 0 Å². The molecule has 1 aromatic carbocycles. The fraction of sp³-hybridized carbons (Fsp3) is 0.429. The molecular weight excluding hydrogens is 450 g/mol. The molecule has 0 bridgehead atoms. The Bertz CT molecular complexity index is 948. The minimum atomic E-state index is -3.24. The van der Waals surface area contributed by atoms with Crippen molar-refractivity contribution in [1.82, 2.24) is 0 Å². The van der Waals surface area contributed by atoms with Crippen LogP contribution in [0.5, 0.6) is 5.75 Å². The summed E-state index contributed by atoms with van der Waals surface area (Å²) in [6.07, 6.45) is 11.3. The molecule has 7 heteroatoms. The minimum absolute atomic E-state index is 0.0601. The predicted octanol–water partition coefficient (Wildman–Crippen LogP) is 6.66. The lowest BCUT2D eigenvalue weighted by atomic mass is 9.98. The number of nitrogens with zero attached hydrogens (tertiary/aromatic N) is 1. The van der Waals surface area contributed by atoms with Crippen LogP contribution in [0.25, 0.3) is 0 Å². The van der Waals surface area contributed by atoms with E-state index in [0.717, 1.165) is 19.3 Å². The zero-order valence-electron chi connectivity index (χ0n) is 21.4. The van der Waals surface area contributed by atoms with Crippen LogP contribution in [0, 0.1) is 12.3 Å². The van der Waals surface area contributed by atoms with Crippen molar-refractivity contribution < 1.29 is 23.4 Å². The summed E-state index contributed by atoms with van der Waals surface area (Å²) in [6.45, 7) is 8.28. The average molecular weight is 489 g/mol. The third-order valence-electron chi connectivity index (χ3n) is 4.51. The Morgan fingerprint density at radius 3 is 2.29 bits per heavy atom. The lowest BCUT2D eigenvalue weighted by Crippen LogP contribution is -2.18. The molecule has 0 spiro atoms. The fourth-order valence-electron chi connectivity index (χ4n) is 2.85. The maximum Gasteiger partial charge on any atom is 0.394 e. The van der Waals surface area contributed by atoms with Gasteiger partial charge in [-0.2, -0.15) is 8.78 Å². The number of rotatable bonds is 12. The number of terminal acetylenes is 1. The highest BCUT2D eigenvalue weighted by atomic mass is 19.3. The second-order valence-corrected chi connectivity index (χ2v) is 7.74. The molecule has 0 aliphatic rings. The van der Waals surface area contributed by atoms with E-state index in [4.69, 9.17) is 12.2 Å². The van der Waals surface area contributed by atoms with Crippen molar-refractivity contribution in [3.63, 3.8) is 0 Å². The number of hydrogen-bond acceptors (Lipinski definition) is 5. The van der Waals surface area contributed by atoms with Crippen LogP contribution in [0.15, 0.2) is 64.3 Å². The summed E-state index contributed by atoms with van der Waals surface area (Å²) in [5.74, 6) is 1.99. The monoisotopic (exact) mass is 488 g/mol. The summed E-state index contributed by atoms with van der Waals surface area (Å²) >= 11 is 0. The van der Waals surface area contributed by atoms with Crippen molar-refractivity contribution >= 4 is 17.2 Å². The number of allylic oxidation sites excluding steroid dienone is 4. The average Bonchev–Trinajstić information content (AvgIpc) is 2.81. The van der Waals surface area contributed by atoms with Gasteiger partial charge in [-0.15, -0.1) is 6.42 Å². The molecule has 0 atom stereocenters. The van der Waals surface area contributed by atoms with E-state index in [1.54, 1.807) is 12.1 Å². The maximum absolute atomic E-state index is 12.9. The van der Waals surface area contributed by atoms with Crippen LogP contribution in [-0.4, -0.2) is 29.3 Å². The number of carbonyl (C=O) groups excluding carboxylic acids is 1. The predicted molar refractivity (Wildman–Crippen MR) is 140 cm³/mol. The zero-order chi connectivity index (χ0) is 26.9. The van der Waals surface area contributed by atoms with Gasteiger partial charge in [0.2, 0.25) is 5.78 Å². The minimum Gasteiger partial charge on any atom is -0.433 e. The number of nitrogens with two attached hydrogens (primary N) is 1. The van der Waals surface area contributed by atoms with Crippen molar-refractivity contribution in [2.75, 3.05) is 6.61 Å². The zero-order valence-corrected chi connectivity index (χ0v) is 21.4. The van der Waals surface area contributed by atoms with Gasteiger partial charge in [0, 0.05) is 30.3 Å². The molecule has 5 nitrogen and oxygen atoms in total. The molecule has 0 radical (unpaired) electrons. The summed E-state index contributed by atoms with van der Waals surface area (Å²) in [4.78, 5) is 14.7. The summed E-state index contributed by atoms with van der Waals surface area (Å²) in [5, 5.41) is 9.82. The van der Waals surface area contributed by atoms with Crippen LogP contribution >= 0.6 is 0 Å². The standard InChI is InChI=1S/C22H30F2N2O2.C6H8O/c1-5-7-8-9-10-17(15-27)21(20(25)6-2)16(3)26-18-11-13-19(14-12-18)28-22(4,23)24;1-3-5-6(7)4-2/h8-14,27H,5-7,15,25H2,1-4H3;2H,3,5H2,1H3/b9-8+,17-10-,21-20+,26-16?;. The quantitative estimate of drug-likeness (QED) is 0.149. The lowest BCUT2D eigenvalue weighted by Gasteiger charge is -2.14. The van der Waals surface area contributed by atoms with Crippen molar-refractivity contribution in [3.8, 4) is 18.1 Å². The van der Waals surface area contributed by atoms with E-state index in [9.17, 15) is 18.7 Å². The molecule has 0 amide bonds. The number of ketones is 1. The molecule has 1 aromatic rings. The molecule has 3 N–H and O–H groups in total. The highest BCUT2D eigenvalue weighted by molar-refractivity contribution is 6.04. The van der Waals surface area contributed by atoms with Crippen molar-refractivity contribution in [3.05, 3.63) is 59.3 Å². The Morgan fingerprint density at radius 2 is 1.86 bits per heavy atom. The molecule has 0 heterocycles. The fourth-order valence-corrected chi connectivity index (χ4v) is 2.85. The van der Waals surface area contributed by atoms with Gasteiger partial charge in [0.15, 0.2) is 0 Å². The Labute approximate surface area is 208 Å². The molecule has 0 aliphatic carbocycles. The Kier molecular flexibility index (Phi) is 15.6. The first-order chi connectivity index (χ1) is 16.5. The molecule has 35 heavy (non-hydrogen) atoms. The van der Waals surface area contributed by atoms with Crippen molar-refractivity contribution in [2.24, 2.45) is 10.7 Å². The van der Waals surface area contributed by atoms with E-state index in [2.05, 4.69) is 16.7 Å². The third-order valence-corrected chi connectivity index (χ3v) is 4.51. The number of hydrogen-bond donors (Lipinski definition) is 2. The molecule has 192 valence electrons. The van der Waals surface area contributed by atoms with E-state index in [1.807, 2.05) is 44.9 Å². The number of halogens is 2. The van der Waals surface area contributed by atoms with Gasteiger partial charge < -0.3 is 15.6 Å². The van der Waals surface area contributed by atoms with Gasteiger partial charge in [0.25, 0.3) is 0 Å². The SMILES string of the molecule is C#CC(=O)CCC.CCC/C=C/C=C(CO)\C(C(C)=Nc1ccc(OC(C)(F)F)cc1)=C(\N)CC. The first-order valence-corrected chi connectivity index (χ1v) is 11.7. The van der Waals surface area contributed by atoms with Gasteiger partial charge >= 0.3 is 6.11 Å². The van der Waals surface area contributed by atoms with Gasteiger partial charge in [-0.05, 0) is 61.9 Å². The number of Topliss-reactive ketones (excluding diaryl/α,β-unsaturated/α-hetero) is 1. The van der Waals surface area contributed by atoms with Crippen LogP contribution in [0.3, 0.4) is 0 Å². The maximum atomic E-state index is 12.9. The smallest absolute Gasteiger partial charge is 0.394 e. The van der Waals surface area contributed by atoms with E-state index < -0.39 is 6.11 Å². The topological polar surface area (TPSA) is 84.9 Å². The number of unbranched alkanes of at least 4 members (excludes halogenated alkanes) is 1. The number of alkyl halides is 2. The van der Waals surface area contributed by atoms with Crippen LogP contribution < -0.4 is 10.5 Å². The summed E-state index contributed by atoms with van der Waals surface area (Å²) in [5.41, 5.74) is 9.40. The van der Waals surface area contributed by atoms with E-state index in [1.165, 1.54) is 12.1 Å². The Balaban J connectivity index is 0.00000143. The molecule has 0 aliphatic heterocycles. The summed E-state index contributed by atoms with van der Waals surface area (Å²) < 4.78 is 30.4. The van der Waals surface area contributed by atoms with Crippen LogP contribution in [0.4, 0.5) is 14.5 Å². The number of aliphatic hydroxyl groups is 1. The number of carbonyl (C=O) groups is 1. The molecule has 0 saturated heterocycles. The summed E-state index contributed by atoms with van der Waals surface area (Å²) in [7, 11) is 0. The van der Waals surface area contributed by atoms with E-state index in [-0.39, 0.29) is 18.1 Å². The highest BCUT2D eigenvalue weighted by Crippen LogP contribution is 2.25.